The van der Waals surface area contributed by atoms with Crippen molar-refractivity contribution in [2.75, 3.05) is 0 Å². The summed E-state index contributed by atoms with van der Waals surface area (Å²) >= 11 is 2.25. The van der Waals surface area contributed by atoms with Gasteiger partial charge in [-0.1, -0.05) is 31.5 Å². The highest BCUT2D eigenvalue weighted by atomic mass is 127. The van der Waals surface area contributed by atoms with Gasteiger partial charge in [-0.3, -0.25) is 0 Å². The molecule has 1 aromatic carbocycles. The van der Waals surface area contributed by atoms with Crippen molar-refractivity contribution in [2.45, 2.75) is 31.9 Å². The fourth-order valence-corrected chi connectivity index (χ4v) is 2.17. The summed E-state index contributed by atoms with van der Waals surface area (Å²) in [7, 11) is 0. The average molecular weight is 305 g/mol. The van der Waals surface area contributed by atoms with Crippen molar-refractivity contribution in [2.24, 2.45) is 5.73 Å². The van der Waals surface area contributed by atoms with Crippen LogP contribution in [0.15, 0.2) is 24.3 Å². The summed E-state index contributed by atoms with van der Waals surface area (Å²) < 4.78 is 1.12. The molecule has 0 unspecified atom stereocenters. The van der Waals surface area contributed by atoms with Crippen LogP contribution in [0, 0.1) is 3.57 Å². The van der Waals surface area contributed by atoms with Gasteiger partial charge >= 0.3 is 0 Å². The number of hydrogen-bond acceptors (Lipinski definition) is 2. The molecular formula is C11H16INO. The summed E-state index contributed by atoms with van der Waals surface area (Å²) in [5, 5.41) is 9.77. The second-order valence-electron chi connectivity index (χ2n) is 3.40. The van der Waals surface area contributed by atoms with Crippen LogP contribution in [0.2, 0.25) is 0 Å². The van der Waals surface area contributed by atoms with E-state index in [2.05, 4.69) is 22.6 Å². The van der Waals surface area contributed by atoms with Crippen molar-refractivity contribution in [3.05, 3.63) is 33.4 Å². The number of rotatable bonds is 4. The van der Waals surface area contributed by atoms with Crippen molar-refractivity contribution >= 4 is 22.6 Å². The summed E-state index contributed by atoms with van der Waals surface area (Å²) in [6.07, 6.45) is 1.28. The van der Waals surface area contributed by atoms with Crippen LogP contribution in [0.1, 0.15) is 31.4 Å². The zero-order chi connectivity index (χ0) is 10.6. The van der Waals surface area contributed by atoms with E-state index in [1.165, 1.54) is 0 Å². The van der Waals surface area contributed by atoms with E-state index in [0.29, 0.717) is 0 Å². The molecule has 0 aromatic heterocycles. The lowest BCUT2D eigenvalue weighted by molar-refractivity contribution is 0.134. The molecule has 0 bridgehead atoms. The Morgan fingerprint density at radius 2 is 2.07 bits per heavy atom. The lowest BCUT2D eigenvalue weighted by Crippen LogP contribution is -2.26. The Labute approximate surface area is 98.7 Å². The molecule has 14 heavy (non-hydrogen) atoms. The van der Waals surface area contributed by atoms with Gasteiger partial charge in [0.05, 0.1) is 12.1 Å². The first kappa shape index (κ1) is 11.9. The Kier molecular flexibility index (Phi) is 4.84. The highest BCUT2D eigenvalue weighted by Crippen LogP contribution is 2.22. The van der Waals surface area contributed by atoms with Gasteiger partial charge in [0.2, 0.25) is 0 Å². The minimum atomic E-state index is -0.434. The first-order valence-corrected chi connectivity index (χ1v) is 5.92. The third-order valence-corrected chi connectivity index (χ3v) is 3.25. The molecule has 1 aromatic rings. The molecule has 0 fully saturated rings. The lowest BCUT2D eigenvalue weighted by Gasteiger charge is -2.19. The Morgan fingerprint density at radius 3 is 2.64 bits per heavy atom. The monoisotopic (exact) mass is 305 g/mol. The predicted octanol–water partition coefficient (Wildman–Crippen LogP) is 2.45. The van der Waals surface area contributed by atoms with Gasteiger partial charge in [0.25, 0.3) is 0 Å². The van der Waals surface area contributed by atoms with Crippen LogP contribution in [0.25, 0.3) is 0 Å². The van der Waals surface area contributed by atoms with E-state index in [1.54, 1.807) is 0 Å². The minimum absolute atomic E-state index is 0.261. The van der Waals surface area contributed by atoms with E-state index in [4.69, 9.17) is 5.73 Å². The van der Waals surface area contributed by atoms with Gasteiger partial charge in [-0.2, -0.15) is 0 Å². The highest BCUT2D eigenvalue weighted by Gasteiger charge is 2.17. The molecule has 0 spiro atoms. The minimum Gasteiger partial charge on any atom is -0.391 e. The van der Waals surface area contributed by atoms with Crippen LogP contribution >= 0.6 is 22.6 Å². The van der Waals surface area contributed by atoms with Crippen LogP contribution in [-0.2, 0) is 0 Å². The molecular weight excluding hydrogens is 289 g/mol. The Balaban J connectivity index is 2.78. The number of aliphatic hydroxyl groups is 1. The van der Waals surface area contributed by atoms with Crippen LogP contribution in [0.5, 0.6) is 0 Å². The van der Waals surface area contributed by atoms with E-state index in [1.807, 2.05) is 31.2 Å². The molecule has 0 saturated heterocycles. The van der Waals surface area contributed by atoms with Gasteiger partial charge in [-0.25, -0.2) is 0 Å². The summed E-state index contributed by atoms with van der Waals surface area (Å²) in [5.41, 5.74) is 7.01. The average Bonchev–Trinajstić information content (AvgIpc) is 2.18. The van der Waals surface area contributed by atoms with Gasteiger partial charge in [0, 0.05) is 3.57 Å². The molecule has 0 radical (unpaired) electrons. The molecule has 0 saturated carbocycles. The van der Waals surface area contributed by atoms with E-state index in [-0.39, 0.29) is 6.04 Å². The molecule has 0 amide bonds. The second-order valence-corrected chi connectivity index (χ2v) is 4.57. The molecule has 3 N–H and O–H groups in total. The van der Waals surface area contributed by atoms with Gasteiger partial charge in [0.1, 0.15) is 0 Å². The summed E-state index contributed by atoms with van der Waals surface area (Å²) in [4.78, 5) is 0. The number of nitrogens with two attached hydrogens (primary N) is 1. The van der Waals surface area contributed by atoms with Crippen LogP contribution in [-0.4, -0.2) is 11.2 Å². The fraction of sp³-hybridized carbons (Fsp3) is 0.455. The van der Waals surface area contributed by atoms with Crippen molar-refractivity contribution < 1.29 is 5.11 Å². The van der Waals surface area contributed by atoms with Gasteiger partial charge < -0.3 is 10.8 Å². The molecule has 1 rings (SSSR count). The topological polar surface area (TPSA) is 46.2 Å². The van der Waals surface area contributed by atoms with Crippen LogP contribution in [0.4, 0.5) is 0 Å². The zero-order valence-electron chi connectivity index (χ0n) is 8.28. The number of halogens is 1. The summed E-state index contributed by atoms with van der Waals surface area (Å²) in [6, 6.07) is 7.66. The van der Waals surface area contributed by atoms with E-state index in [9.17, 15) is 5.11 Å². The number of aliphatic hydroxyl groups excluding tert-OH is 1. The van der Waals surface area contributed by atoms with E-state index in [0.717, 1.165) is 22.0 Å². The Bertz CT molecular complexity index is 290. The fourth-order valence-electron chi connectivity index (χ4n) is 1.43. The first-order valence-electron chi connectivity index (χ1n) is 4.85. The quantitative estimate of drug-likeness (QED) is 0.839. The van der Waals surface area contributed by atoms with Gasteiger partial charge in [-0.15, -0.1) is 0 Å². The molecule has 0 aliphatic carbocycles. The molecule has 0 heterocycles. The Hall–Kier alpha value is -0.130. The van der Waals surface area contributed by atoms with Gasteiger partial charge in [-0.05, 0) is 40.6 Å². The van der Waals surface area contributed by atoms with Crippen molar-refractivity contribution in [1.29, 1.82) is 0 Å². The molecule has 2 atom stereocenters. The molecule has 78 valence electrons. The zero-order valence-corrected chi connectivity index (χ0v) is 10.4. The lowest BCUT2D eigenvalue weighted by atomic mass is 9.99. The second kappa shape index (κ2) is 5.68. The normalized spacial score (nSPS) is 15.1. The van der Waals surface area contributed by atoms with Crippen LogP contribution in [0.3, 0.4) is 0 Å². The maximum atomic E-state index is 9.77. The smallest absolute Gasteiger partial charge is 0.0733 e. The molecule has 3 heteroatoms. The van der Waals surface area contributed by atoms with Crippen molar-refractivity contribution in [3.8, 4) is 0 Å². The molecule has 2 nitrogen and oxygen atoms in total. The van der Waals surface area contributed by atoms with Crippen molar-refractivity contribution in [3.63, 3.8) is 0 Å². The first-order chi connectivity index (χ1) is 6.66. The summed E-state index contributed by atoms with van der Waals surface area (Å²) in [5.74, 6) is 0. The van der Waals surface area contributed by atoms with E-state index < -0.39 is 6.10 Å². The predicted molar refractivity (Wildman–Crippen MR) is 67.0 cm³/mol. The van der Waals surface area contributed by atoms with Gasteiger partial charge in [0.15, 0.2) is 0 Å². The van der Waals surface area contributed by atoms with Crippen molar-refractivity contribution in [1.82, 2.24) is 0 Å². The largest absolute Gasteiger partial charge is 0.391 e. The standard InChI is InChI=1S/C11H16INO/c1-2-5-10(14)11(13)8-6-3-4-7-9(8)12/h3-4,6-7,10-11,14H,2,5,13H2,1H3/t10-,11+/m1/s1. The van der Waals surface area contributed by atoms with Crippen LogP contribution < -0.4 is 5.73 Å². The molecule has 0 aliphatic heterocycles. The third-order valence-electron chi connectivity index (χ3n) is 2.26. The SMILES string of the molecule is CCC[C@@H](O)[C@@H](N)c1ccccc1I. The third kappa shape index (κ3) is 2.93. The Morgan fingerprint density at radius 1 is 1.43 bits per heavy atom. The van der Waals surface area contributed by atoms with E-state index >= 15 is 0 Å². The number of benzene rings is 1. The summed E-state index contributed by atoms with van der Waals surface area (Å²) in [6.45, 7) is 2.05. The highest BCUT2D eigenvalue weighted by molar-refractivity contribution is 14.1. The maximum Gasteiger partial charge on any atom is 0.0733 e. The number of hydrogen-bond donors (Lipinski definition) is 2. The maximum absolute atomic E-state index is 9.77. The molecule has 0 aliphatic rings.